The number of hydrogen-bond acceptors (Lipinski definition) is 2. The van der Waals surface area contributed by atoms with Crippen LogP contribution in [-0.2, 0) is 6.42 Å². The van der Waals surface area contributed by atoms with E-state index in [0.717, 1.165) is 39.0 Å². The van der Waals surface area contributed by atoms with E-state index in [0.29, 0.717) is 12.0 Å². The van der Waals surface area contributed by atoms with Gasteiger partial charge in [-0.25, -0.2) is 4.79 Å². The van der Waals surface area contributed by atoms with Crippen LogP contribution in [0.1, 0.15) is 44.2 Å². The number of fused-ring (bicyclic) bond motifs is 2. The van der Waals surface area contributed by atoms with Gasteiger partial charge in [0.05, 0.1) is 0 Å². The van der Waals surface area contributed by atoms with Gasteiger partial charge in [-0.05, 0) is 50.4 Å². The number of rotatable bonds is 4. The minimum Gasteiger partial charge on any atom is -0.361 e. The molecule has 0 saturated carbocycles. The van der Waals surface area contributed by atoms with E-state index in [1.165, 1.54) is 22.0 Å². The Morgan fingerprint density at radius 1 is 1.31 bits per heavy atom. The van der Waals surface area contributed by atoms with Crippen LogP contribution in [-0.4, -0.2) is 59.1 Å². The van der Waals surface area contributed by atoms with E-state index in [1.54, 1.807) is 0 Å². The van der Waals surface area contributed by atoms with E-state index in [4.69, 9.17) is 0 Å². The fourth-order valence-corrected chi connectivity index (χ4v) is 5.04. The third-order valence-corrected chi connectivity index (χ3v) is 6.36. The van der Waals surface area contributed by atoms with Gasteiger partial charge in [-0.3, -0.25) is 4.90 Å². The van der Waals surface area contributed by atoms with Crippen LogP contribution in [0.2, 0.25) is 0 Å². The Hall–Kier alpha value is -2.01. The first-order chi connectivity index (χ1) is 12.7. The number of urea groups is 1. The average Bonchev–Trinajstić information content (AvgIpc) is 3.07. The summed E-state index contributed by atoms with van der Waals surface area (Å²) in [6, 6.07) is 7.44. The lowest BCUT2D eigenvalue weighted by Crippen LogP contribution is -2.57. The molecule has 2 N–H and O–H groups in total. The van der Waals surface area contributed by atoms with Crippen LogP contribution in [0.25, 0.3) is 10.9 Å². The summed E-state index contributed by atoms with van der Waals surface area (Å²) in [5.41, 5.74) is 4.14. The number of likely N-dealkylation sites (N-methyl/N-ethyl adjacent to an activating group) is 1. The SMILES string of the molecule is CCN(CC)C(=O)N[C@H]1C[C@@H]2c3cccc4[nH]cc(c34)C[C@H]2N(CC)C1. The topological polar surface area (TPSA) is 51.4 Å². The summed E-state index contributed by atoms with van der Waals surface area (Å²) in [5, 5.41) is 4.72. The maximum atomic E-state index is 12.6. The monoisotopic (exact) mass is 354 g/mol. The normalized spacial score (nSPS) is 25.1. The molecule has 1 saturated heterocycles. The highest BCUT2D eigenvalue weighted by Gasteiger charge is 2.40. The van der Waals surface area contributed by atoms with E-state index in [2.05, 4.69) is 46.5 Å². The van der Waals surface area contributed by atoms with Crippen LogP contribution in [0.15, 0.2) is 24.4 Å². The number of piperidine rings is 1. The minimum absolute atomic E-state index is 0.0749. The van der Waals surface area contributed by atoms with Crippen LogP contribution in [0, 0.1) is 0 Å². The Kier molecular flexibility index (Phi) is 4.65. The van der Waals surface area contributed by atoms with Gasteiger partial charge in [0.2, 0.25) is 0 Å². The molecule has 4 rings (SSSR count). The molecule has 2 heterocycles. The van der Waals surface area contributed by atoms with E-state index >= 15 is 0 Å². The second kappa shape index (κ2) is 6.95. The number of nitrogens with one attached hydrogen (secondary N) is 2. The van der Waals surface area contributed by atoms with Crippen molar-refractivity contribution in [2.45, 2.75) is 51.6 Å². The van der Waals surface area contributed by atoms with Gasteiger partial charge in [-0.2, -0.15) is 0 Å². The highest BCUT2D eigenvalue weighted by Crippen LogP contribution is 2.43. The van der Waals surface area contributed by atoms with Crippen molar-refractivity contribution >= 4 is 16.9 Å². The van der Waals surface area contributed by atoms with Gasteiger partial charge in [0.1, 0.15) is 0 Å². The molecule has 5 heteroatoms. The van der Waals surface area contributed by atoms with Crippen molar-refractivity contribution in [3.8, 4) is 0 Å². The Morgan fingerprint density at radius 2 is 2.12 bits per heavy atom. The summed E-state index contributed by atoms with van der Waals surface area (Å²) >= 11 is 0. The number of amides is 2. The summed E-state index contributed by atoms with van der Waals surface area (Å²) in [7, 11) is 0. The summed E-state index contributed by atoms with van der Waals surface area (Å²) in [6.45, 7) is 9.78. The van der Waals surface area contributed by atoms with Crippen molar-refractivity contribution in [1.82, 2.24) is 20.1 Å². The quantitative estimate of drug-likeness (QED) is 0.885. The molecule has 3 atom stereocenters. The third-order valence-electron chi connectivity index (χ3n) is 6.36. The molecule has 0 spiro atoms. The van der Waals surface area contributed by atoms with Crippen LogP contribution in [0.3, 0.4) is 0 Å². The molecule has 2 aromatic rings. The zero-order valence-electron chi connectivity index (χ0n) is 16.1. The molecule has 0 radical (unpaired) electrons. The first-order valence-corrected chi connectivity index (χ1v) is 10.0. The number of nitrogens with zero attached hydrogens (tertiary/aromatic N) is 2. The second-order valence-electron chi connectivity index (χ2n) is 7.60. The highest BCUT2D eigenvalue weighted by molar-refractivity contribution is 5.88. The molecule has 0 bridgehead atoms. The standard InChI is InChI=1S/C21H30N4O/c1-4-24(5-2)21(26)23-15-11-17-16-8-7-9-18-20(16)14(12-22-18)10-19(17)25(6-3)13-15/h7-9,12,15,17,19,22H,4-6,10-11,13H2,1-3H3,(H,23,26)/t15-,17+,19+/m0/s1. The summed E-state index contributed by atoms with van der Waals surface area (Å²) in [6.07, 6.45) is 4.32. The smallest absolute Gasteiger partial charge is 0.317 e. The van der Waals surface area contributed by atoms with Crippen molar-refractivity contribution in [1.29, 1.82) is 0 Å². The molecule has 26 heavy (non-hydrogen) atoms. The molecule has 2 amide bonds. The van der Waals surface area contributed by atoms with Crippen molar-refractivity contribution < 1.29 is 4.79 Å². The molecule has 2 aliphatic rings. The number of aromatic nitrogens is 1. The summed E-state index contributed by atoms with van der Waals surface area (Å²) in [5.74, 6) is 0.484. The average molecular weight is 354 g/mol. The van der Waals surface area contributed by atoms with Crippen molar-refractivity contribution in [2.24, 2.45) is 0 Å². The van der Waals surface area contributed by atoms with Crippen LogP contribution < -0.4 is 5.32 Å². The molecule has 140 valence electrons. The molecule has 0 unspecified atom stereocenters. The maximum absolute atomic E-state index is 12.6. The first-order valence-electron chi connectivity index (χ1n) is 10.0. The lowest BCUT2D eigenvalue weighted by molar-refractivity contribution is 0.103. The predicted octanol–water partition coefficient (Wildman–Crippen LogP) is 3.32. The molecule has 5 nitrogen and oxygen atoms in total. The number of carbonyl (C=O) groups excluding carboxylic acids is 1. The molecular formula is C21H30N4O. The van der Waals surface area contributed by atoms with Gasteiger partial charge >= 0.3 is 6.03 Å². The van der Waals surface area contributed by atoms with Gasteiger partial charge in [0.25, 0.3) is 0 Å². The fourth-order valence-electron chi connectivity index (χ4n) is 5.04. The van der Waals surface area contributed by atoms with E-state index < -0.39 is 0 Å². The van der Waals surface area contributed by atoms with Crippen molar-refractivity contribution in [2.75, 3.05) is 26.2 Å². The number of hydrogen-bond donors (Lipinski definition) is 2. The van der Waals surface area contributed by atoms with Gasteiger partial charge < -0.3 is 15.2 Å². The largest absolute Gasteiger partial charge is 0.361 e. The molecule has 1 fully saturated rings. The highest BCUT2D eigenvalue weighted by atomic mass is 16.2. The van der Waals surface area contributed by atoms with Crippen molar-refractivity contribution in [3.05, 3.63) is 35.5 Å². The predicted molar refractivity (Wildman–Crippen MR) is 106 cm³/mol. The van der Waals surface area contributed by atoms with Crippen LogP contribution >= 0.6 is 0 Å². The Bertz CT molecular complexity index is 794. The Balaban J connectivity index is 1.62. The molecule has 1 aliphatic carbocycles. The number of benzene rings is 1. The third kappa shape index (κ3) is 2.78. The van der Waals surface area contributed by atoms with E-state index in [9.17, 15) is 4.79 Å². The number of carbonyl (C=O) groups is 1. The van der Waals surface area contributed by atoms with E-state index in [1.807, 2.05) is 18.7 Å². The number of aromatic amines is 1. The zero-order chi connectivity index (χ0) is 18.3. The van der Waals surface area contributed by atoms with Crippen molar-refractivity contribution in [3.63, 3.8) is 0 Å². The Morgan fingerprint density at radius 3 is 2.85 bits per heavy atom. The fraction of sp³-hybridized carbons (Fsp3) is 0.571. The first kappa shape index (κ1) is 17.4. The van der Waals surface area contributed by atoms with Gasteiger partial charge in [0, 0.05) is 54.7 Å². The van der Waals surface area contributed by atoms with Gasteiger partial charge in [-0.1, -0.05) is 19.1 Å². The van der Waals surface area contributed by atoms with Gasteiger partial charge in [-0.15, -0.1) is 0 Å². The maximum Gasteiger partial charge on any atom is 0.317 e. The zero-order valence-corrected chi connectivity index (χ0v) is 16.1. The lowest BCUT2D eigenvalue weighted by Gasteiger charge is -2.47. The lowest BCUT2D eigenvalue weighted by atomic mass is 9.74. The molecule has 1 aliphatic heterocycles. The minimum atomic E-state index is 0.0749. The molecular weight excluding hydrogens is 324 g/mol. The Labute approximate surface area is 155 Å². The number of H-pyrrole nitrogens is 1. The number of likely N-dealkylation sites (tertiary alicyclic amines) is 1. The second-order valence-corrected chi connectivity index (χ2v) is 7.60. The summed E-state index contributed by atoms with van der Waals surface area (Å²) in [4.78, 5) is 20.4. The summed E-state index contributed by atoms with van der Waals surface area (Å²) < 4.78 is 0. The van der Waals surface area contributed by atoms with Crippen LogP contribution in [0.5, 0.6) is 0 Å². The molecule has 1 aromatic heterocycles. The molecule has 1 aromatic carbocycles. The van der Waals surface area contributed by atoms with E-state index in [-0.39, 0.29) is 12.1 Å². The van der Waals surface area contributed by atoms with Crippen LogP contribution in [0.4, 0.5) is 4.79 Å². The van der Waals surface area contributed by atoms with Gasteiger partial charge in [0.15, 0.2) is 0 Å².